The standard InChI is InChI=1S/C29H31N5O6/c1-38-25(35)18-40-24-7-3-4-20(17-24)26(32-23-6-2-5-21(16-23)27(30)31)28(36)33-22-10-8-19(9-11-22)29(37)34-12-14-39-15-13-34/h2-11,16-17,26,32H,12-15,18H2,1H3,(H3,30,31)(H,33,36). The minimum atomic E-state index is -0.890. The normalized spacial score (nSPS) is 13.6. The zero-order valence-electron chi connectivity index (χ0n) is 22.0. The number of hydrogen-bond donors (Lipinski definition) is 4. The van der Waals surface area contributed by atoms with E-state index in [2.05, 4.69) is 15.4 Å². The summed E-state index contributed by atoms with van der Waals surface area (Å²) in [4.78, 5) is 39.6. The second kappa shape index (κ2) is 13.3. The molecule has 1 fully saturated rings. The Kier molecular flexibility index (Phi) is 9.31. The molecule has 0 radical (unpaired) electrons. The van der Waals surface area contributed by atoms with Crippen molar-refractivity contribution in [2.75, 3.05) is 50.7 Å². The van der Waals surface area contributed by atoms with Crippen molar-refractivity contribution in [1.82, 2.24) is 4.90 Å². The number of nitrogens with two attached hydrogens (primary N) is 1. The van der Waals surface area contributed by atoms with Crippen LogP contribution in [0.15, 0.2) is 72.8 Å². The number of rotatable bonds is 10. The van der Waals surface area contributed by atoms with Crippen LogP contribution < -0.4 is 21.1 Å². The lowest BCUT2D eigenvalue weighted by molar-refractivity contribution is -0.142. The first-order valence-electron chi connectivity index (χ1n) is 12.6. The molecule has 40 heavy (non-hydrogen) atoms. The summed E-state index contributed by atoms with van der Waals surface area (Å²) in [6.07, 6.45) is 0. The number of amides is 2. The summed E-state index contributed by atoms with van der Waals surface area (Å²) in [5, 5.41) is 13.8. The van der Waals surface area contributed by atoms with Crippen molar-refractivity contribution in [2.45, 2.75) is 6.04 Å². The number of esters is 1. The molecule has 11 nitrogen and oxygen atoms in total. The van der Waals surface area contributed by atoms with Crippen LogP contribution in [0.4, 0.5) is 11.4 Å². The van der Waals surface area contributed by atoms with E-state index in [-0.39, 0.29) is 24.3 Å². The predicted molar refractivity (Wildman–Crippen MR) is 150 cm³/mol. The fourth-order valence-corrected chi connectivity index (χ4v) is 4.09. The Hall–Kier alpha value is -4.90. The van der Waals surface area contributed by atoms with Gasteiger partial charge >= 0.3 is 5.97 Å². The second-order valence-electron chi connectivity index (χ2n) is 8.98. The largest absolute Gasteiger partial charge is 0.482 e. The first-order valence-corrected chi connectivity index (χ1v) is 12.6. The predicted octanol–water partition coefficient (Wildman–Crippen LogP) is 2.79. The van der Waals surface area contributed by atoms with E-state index in [9.17, 15) is 14.4 Å². The Bertz CT molecular complexity index is 1370. The van der Waals surface area contributed by atoms with Gasteiger partial charge in [0.05, 0.1) is 20.3 Å². The van der Waals surface area contributed by atoms with Crippen LogP contribution in [0.2, 0.25) is 0 Å². The number of carbonyl (C=O) groups is 3. The number of nitrogen functional groups attached to an aromatic ring is 1. The van der Waals surface area contributed by atoms with Crippen molar-refractivity contribution in [1.29, 1.82) is 5.41 Å². The SMILES string of the molecule is COC(=O)COc1cccc(C(Nc2cccc(C(=N)N)c2)C(=O)Nc2ccc(C(=O)N3CCOCC3)cc2)c1. The minimum absolute atomic E-state index is 0.0881. The summed E-state index contributed by atoms with van der Waals surface area (Å²) in [5.74, 6) is -0.726. The molecule has 11 heteroatoms. The van der Waals surface area contributed by atoms with Crippen LogP contribution in [0.25, 0.3) is 0 Å². The first-order chi connectivity index (χ1) is 19.3. The van der Waals surface area contributed by atoms with Crippen molar-refractivity contribution in [3.63, 3.8) is 0 Å². The van der Waals surface area contributed by atoms with Crippen LogP contribution in [-0.4, -0.2) is 68.5 Å². The number of carbonyl (C=O) groups excluding carboxylic acids is 3. The highest BCUT2D eigenvalue weighted by Gasteiger charge is 2.23. The van der Waals surface area contributed by atoms with Crippen LogP contribution >= 0.6 is 0 Å². The van der Waals surface area contributed by atoms with E-state index in [0.29, 0.717) is 60.1 Å². The summed E-state index contributed by atoms with van der Waals surface area (Å²) < 4.78 is 15.4. The van der Waals surface area contributed by atoms with Crippen LogP contribution in [0, 0.1) is 5.41 Å². The van der Waals surface area contributed by atoms with E-state index in [1.807, 2.05) is 0 Å². The third kappa shape index (κ3) is 7.35. The third-order valence-corrected chi connectivity index (χ3v) is 6.22. The summed E-state index contributed by atoms with van der Waals surface area (Å²) in [5.41, 5.74) is 8.30. The Balaban J connectivity index is 1.55. The van der Waals surface area contributed by atoms with E-state index in [4.69, 9.17) is 20.6 Å². The average molecular weight is 546 g/mol. The van der Waals surface area contributed by atoms with Crippen LogP contribution in [0.5, 0.6) is 5.75 Å². The van der Waals surface area contributed by atoms with Gasteiger partial charge in [-0.05, 0) is 54.1 Å². The van der Waals surface area contributed by atoms with E-state index >= 15 is 0 Å². The third-order valence-electron chi connectivity index (χ3n) is 6.22. The van der Waals surface area contributed by atoms with Gasteiger partial charge in [-0.15, -0.1) is 0 Å². The van der Waals surface area contributed by atoms with Gasteiger partial charge in [0.1, 0.15) is 17.6 Å². The second-order valence-corrected chi connectivity index (χ2v) is 8.98. The fraction of sp³-hybridized carbons (Fsp3) is 0.241. The van der Waals surface area contributed by atoms with Gasteiger partial charge < -0.3 is 35.5 Å². The molecule has 0 aliphatic carbocycles. The molecule has 4 rings (SSSR count). The van der Waals surface area contributed by atoms with Crippen molar-refractivity contribution in [3.05, 3.63) is 89.5 Å². The molecular formula is C29H31N5O6. The molecule has 1 aliphatic heterocycles. The van der Waals surface area contributed by atoms with Gasteiger partial charge in [0.2, 0.25) is 0 Å². The Morgan fingerprint density at radius 2 is 1.70 bits per heavy atom. The summed E-state index contributed by atoms with van der Waals surface area (Å²) >= 11 is 0. The van der Waals surface area contributed by atoms with Gasteiger partial charge in [0.25, 0.3) is 11.8 Å². The minimum Gasteiger partial charge on any atom is -0.482 e. The van der Waals surface area contributed by atoms with Crippen molar-refractivity contribution < 1.29 is 28.6 Å². The quantitative estimate of drug-likeness (QED) is 0.172. The van der Waals surface area contributed by atoms with Crippen LogP contribution in [0.3, 0.4) is 0 Å². The highest BCUT2D eigenvalue weighted by atomic mass is 16.6. The maximum atomic E-state index is 13.6. The number of nitrogens with zero attached hydrogens (tertiary/aromatic N) is 1. The topological polar surface area (TPSA) is 156 Å². The number of benzene rings is 3. The number of nitrogens with one attached hydrogen (secondary N) is 3. The lowest BCUT2D eigenvalue weighted by atomic mass is 10.0. The Morgan fingerprint density at radius 1 is 0.975 bits per heavy atom. The number of morpholine rings is 1. The Labute approximate surface area is 231 Å². The van der Waals surface area contributed by atoms with Gasteiger partial charge in [0.15, 0.2) is 6.61 Å². The lowest BCUT2D eigenvalue weighted by Crippen LogP contribution is -2.40. The van der Waals surface area contributed by atoms with Crippen molar-refractivity contribution >= 4 is 35.0 Å². The molecule has 2 amide bonds. The Morgan fingerprint density at radius 3 is 2.40 bits per heavy atom. The van der Waals surface area contributed by atoms with Crippen LogP contribution in [-0.2, 0) is 19.1 Å². The molecule has 0 bridgehead atoms. The van der Waals surface area contributed by atoms with E-state index < -0.39 is 12.0 Å². The number of amidine groups is 1. The average Bonchev–Trinajstić information content (AvgIpc) is 2.99. The fourth-order valence-electron chi connectivity index (χ4n) is 4.09. The van der Waals surface area contributed by atoms with E-state index in [1.165, 1.54) is 7.11 Å². The zero-order chi connectivity index (χ0) is 28.5. The maximum Gasteiger partial charge on any atom is 0.343 e. The number of methoxy groups -OCH3 is 1. The van der Waals surface area contributed by atoms with Crippen molar-refractivity contribution in [3.8, 4) is 5.75 Å². The van der Waals surface area contributed by atoms with Gasteiger partial charge in [-0.2, -0.15) is 0 Å². The zero-order valence-corrected chi connectivity index (χ0v) is 22.0. The molecule has 1 aliphatic rings. The molecule has 5 N–H and O–H groups in total. The molecule has 1 unspecified atom stereocenters. The highest BCUT2D eigenvalue weighted by Crippen LogP contribution is 2.26. The van der Waals surface area contributed by atoms with Gasteiger partial charge in [-0.1, -0.05) is 24.3 Å². The van der Waals surface area contributed by atoms with Crippen LogP contribution in [0.1, 0.15) is 27.5 Å². The first kappa shape index (κ1) is 28.1. The monoisotopic (exact) mass is 545 g/mol. The summed E-state index contributed by atoms with van der Waals surface area (Å²) in [6.45, 7) is 1.83. The van der Waals surface area contributed by atoms with Gasteiger partial charge in [0, 0.05) is 35.6 Å². The maximum absolute atomic E-state index is 13.6. The molecular weight excluding hydrogens is 514 g/mol. The van der Waals surface area contributed by atoms with Crippen molar-refractivity contribution in [2.24, 2.45) is 5.73 Å². The number of hydrogen-bond acceptors (Lipinski definition) is 8. The number of anilines is 2. The molecule has 0 saturated carbocycles. The molecule has 1 heterocycles. The highest BCUT2D eigenvalue weighted by molar-refractivity contribution is 5.99. The number of ether oxygens (including phenoxy) is 3. The van der Waals surface area contributed by atoms with E-state index in [1.54, 1.807) is 77.7 Å². The molecule has 1 atom stereocenters. The van der Waals surface area contributed by atoms with E-state index in [0.717, 1.165) is 0 Å². The molecule has 208 valence electrons. The molecule has 1 saturated heterocycles. The molecule has 3 aromatic carbocycles. The molecule has 3 aromatic rings. The van der Waals surface area contributed by atoms with Gasteiger partial charge in [-0.3, -0.25) is 15.0 Å². The van der Waals surface area contributed by atoms with Gasteiger partial charge in [-0.25, -0.2) is 4.79 Å². The lowest BCUT2D eigenvalue weighted by Gasteiger charge is -2.27. The molecule has 0 spiro atoms. The summed E-state index contributed by atoms with van der Waals surface area (Å²) in [7, 11) is 1.27. The summed E-state index contributed by atoms with van der Waals surface area (Å²) in [6, 6.07) is 19.5. The smallest absolute Gasteiger partial charge is 0.343 e. The molecule has 0 aromatic heterocycles.